The largest absolute Gasteiger partial charge is 0.347 e. The molecule has 5 heteroatoms. The second-order valence-corrected chi connectivity index (χ2v) is 4.66. The summed E-state index contributed by atoms with van der Waals surface area (Å²) < 4.78 is 0. The van der Waals surface area contributed by atoms with Crippen LogP contribution in [0.5, 0.6) is 0 Å². The molecule has 0 bridgehead atoms. The normalized spacial score (nSPS) is 26.2. The van der Waals surface area contributed by atoms with Crippen molar-refractivity contribution in [3.8, 4) is 0 Å². The number of carbonyl (C=O) groups excluding carboxylic acids is 2. The molecule has 1 saturated heterocycles. The second kappa shape index (κ2) is 5.30. The van der Waals surface area contributed by atoms with E-state index in [9.17, 15) is 9.59 Å². The van der Waals surface area contributed by atoms with E-state index in [0.717, 1.165) is 13.0 Å². The molecule has 1 aliphatic rings. The Bertz CT molecular complexity index is 278. The summed E-state index contributed by atoms with van der Waals surface area (Å²) in [6, 6.07) is -0.616. The monoisotopic (exact) mass is 227 g/mol. The third kappa shape index (κ3) is 2.95. The van der Waals surface area contributed by atoms with E-state index in [2.05, 4.69) is 10.6 Å². The van der Waals surface area contributed by atoms with Gasteiger partial charge in [0.15, 0.2) is 0 Å². The van der Waals surface area contributed by atoms with Gasteiger partial charge in [-0.15, -0.1) is 0 Å². The molecule has 5 nitrogen and oxygen atoms in total. The quantitative estimate of drug-likeness (QED) is 0.688. The molecular formula is C11H21N3O2. The van der Waals surface area contributed by atoms with Gasteiger partial charge in [-0.05, 0) is 25.8 Å². The summed E-state index contributed by atoms with van der Waals surface area (Å²) in [4.78, 5) is 24.9. The lowest BCUT2D eigenvalue weighted by Gasteiger charge is -2.21. The molecule has 3 unspecified atom stereocenters. The number of rotatable bonds is 3. The van der Waals surface area contributed by atoms with Crippen LogP contribution in [0.4, 0.5) is 0 Å². The van der Waals surface area contributed by atoms with Crippen molar-refractivity contribution in [2.75, 3.05) is 20.6 Å². The highest BCUT2D eigenvalue weighted by Gasteiger charge is 2.30. The molecule has 0 spiro atoms. The number of amides is 2. The number of carbonyl (C=O) groups is 2. The zero-order chi connectivity index (χ0) is 12.3. The Hall–Kier alpha value is -1.10. The second-order valence-electron chi connectivity index (χ2n) is 4.66. The van der Waals surface area contributed by atoms with E-state index in [1.807, 2.05) is 6.92 Å². The predicted octanol–water partition coefficient (Wildman–Crippen LogP) is -0.423. The molecule has 0 aromatic carbocycles. The first-order chi connectivity index (χ1) is 7.43. The van der Waals surface area contributed by atoms with Crippen LogP contribution in [0.25, 0.3) is 0 Å². The van der Waals surface area contributed by atoms with Gasteiger partial charge in [0, 0.05) is 14.1 Å². The van der Waals surface area contributed by atoms with Crippen LogP contribution in [0.3, 0.4) is 0 Å². The maximum atomic E-state index is 11.8. The molecule has 92 valence electrons. The van der Waals surface area contributed by atoms with Crippen LogP contribution in [-0.2, 0) is 9.59 Å². The Morgan fingerprint density at radius 1 is 1.44 bits per heavy atom. The zero-order valence-electron chi connectivity index (χ0n) is 10.4. The molecule has 0 aromatic rings. The standard InChI is InChI=1S/C11H21N3O2/c1-7-5-6-12-9(7)10(15)13-8(2)11(16)14(3)4/h7-9,12H,5-6H2,1-4H3,(H,13,15). The molecule has 0 radical (unpaired) electrons. The molecule has 1 aliphatic heterocycles. The summed E-state index contributed by atoms with van der Waals surface area (Å²) in [6.07, 6.45) is 1.01. The lowest BCUT2D eigenvalue weighted by Crippen LogP contribution is -2.51. The van der Waals surface area contributed by atoms with Crippen LogP contribution in [-0.4, -0.2) is 49.4 Å². The van der Waals surface area contributed by atoms with Gasteiger partial charge in [0.05, 0.1) is 6.04 Å². The average molecular weight is 227 g/mol. The molecule has 16 heavy (non-hydrogen) atoms. The Morgan fingerprint density at radius 3 is 2.50 bits per heavy atom. The molecule has 1 heterocycles. The van der Waals surface area contributed by atoms with Crippen molar-refractivity contribution in [3.63, 3.8) is 0 Å². The summed E-state index contributed by atoms with van der Waals surface area (Å²) >= 11 is 0. The highest BCUT2D eigenvalue weighted by molar-refractivity contribution is 5.89. The first-order valence-corrected chi connectivity index (χ1v) is 5.68. The summed E-state index contributed by atoms with van der Waals surface area (Å²) in [5.41, 5.74) is 0. The third-order valence-corrected chi connectivity index (χ3v) is 2.99. The van der Waals surface area contributed by atoms with E-state index in [4.69, 9.17) is 0 Å². The van der Waals surface area contributed by atoms with Gasteiger partial charge in [0.1, 0.15) is 6.04 Å². The van der Waals surface area contributed by atoms with E-state index < -0.39 is 6.04 Å². The van der Waals surface area contributed by atoms with Crippen molar-refractivity contribution in [2.45, 2.75) is 32.4 Å². The number of nitrogens with zero attached hydrogens (tertiary/aromatic N) is 1. The molecule has 3 atom stereocenters. The first-order valence-electron chi connectivity index (χ1n) is 5.68. The lowest BCUT2D eigenvalue weighted by molar-refractivity contribution is -0.134. The van der Waals surface area contributed by atoms with Crippen molar-refractivity contribution < 1.29 is 9.59 Å². The van der Waals surface area contributed by atoms with Crippen LogP contribution < -0.4 is 10.6 Å². The van der Waals surface area contributed by atoms with Crippen LogP contribution in [0, 0.1) is 5.92 Å². The van der Waals surface area contributed by atoms with Crippen molar-refractivity contribution >= 4 is 11.8 Å². The van der Waals surface area contributed by atoms with Gasteiger partial charge in [-0.3, -0.25) is 9.59 Å². The van der Waals surface area contributed by atoms with Crippen LogP contribution in [0.2, 0.25) is 0 Å². The van der Waals surface area contributed by atoms with Crippen molar-refractivity contribution in [1.29, 1.82) is 0 Å². The van der Waals surface area contributed by atoms with Gasteiger partial charge in [-0.2, -0.15) is 0 Å². The Morgan fingerprint density at radius 2 is 2.06 bits per heavy atom. The minimum atomic E-state index is -0.461. The van der Waals surface area contributed by atoms with Crippen LogP contribution >= 0.6 is 0 Å². The maximum Gasteiger partial charge on any atom is 0.244 e. The molecule has 0 aromatic heterocycles. The fraction of sp³-hybridized carbons (Fsp3) is 0.818. The van der Waals surface area contributed by atoms with Gasteiger partial charge in [0.2, 0.25) is 11.8 Å². The smallest absolute Gasteiger partial charge is 0.244 e. The maximum absolute atomic E-state index is 11.8. The number of hydrogen-bond donors (Lipinski definition) is 2. The summed E-state index contributed by atoms with van der Waals surface area (Å²) in [6.45, 7) is 4.62. The topological polar surface area (TPSA) is 61.4 Å². The SMILES string of the molecule is CC(NC(=O)C1NCCC1C)C(=O)N(C)C. The molecule has 1 fully saturated rings. The summed E-state index contributed by atoms with van der Waals surface area (Å²) in [7, 11) is 3.36. The van der Waals surface area contributed by atoms with Crippen LogP contribution in [0.15, 0.2) is 0 Å². The van der Waals surface area contributed by atoms with E-state index >= 15 is 0 Å². The van der Waals surface area contributed by atoms with Crippen LogP contribution in [0.1, 0.15) is 20.3 Å². The molecule has 2 N–H and O–H groups in total. The van der Waals surface area contributed by atoms with E-state index in [1.54, 1.807) is 21.0 Å². The Balaban J connectivity index is 2.48. The number of hydrogen-bond acceptors (Lipinski definition) is 3. The van der Waals surface area contributed by atoms with Gasteiger partial charge in [-0.25, -0.2) is 0 Å². The minimum Gasteiger partial charge on any atom is -0.347 e. The highest BCUT2D eigenvalue weighted by Crippen LogP contribution is 2.14. The Kier molecular flexibility index (Phi) is 4.29. The fourth-order valence-electron chi connectivity index (χ4n) is 1.94. The third-order valence-electron chi connectivity index (χ3n) is 2.99. The summed E-state index contributed by atoms with van der Waals surface area (Å²) in [5.74, 6) is 0.174. The minimum absolute atomic E-state index is 0.0762. The Labute approximate surface area is 96.6 Å². The molecule has 0 aliphatic carbocycles. The number of nitrogens with one attached hydrogen (secondary N) is 2. The van der Waals surface area contributed by atoms with Crippen molar-refractivity contribution in [1.82, 2.24) is 15.5 Å². The van der Waals surface area contributed by atoms with E-state index in [1.165, 1.54) is 4.90 Å². The molecule has 1 rings (SSSR count). The zero-order valence-corrected chi connectivity index (χ0v) is 10.4. The van der Waals surface area contributed by atoms with Gasteiger partial charge >= 0.3 is 0 Å². The summed E-state index contributed by atoms with van der Waals surface area (Å²) in [5, 5.41) is 5.88. The fourth-order valence-corrected chi connectivity index (χ4v) is 1.94. The highest BCUT2D eigenvalue weighted by atomic mass is 16.2. The van der Waals surface area contributed by atoms with Crippen molar-refractivity contribution in [2.24, 2.45) is 5.92 Å². The van der Waals surface area contributed by atoms with Crippen molar-refractivity contribution in [3.05, 3.63) is 0 Å². The molecule has 2 amide bonds. The molecule has 0 saturated carbocycles. The van der Waals surface area contributed by atoms with E-state index in [-0.39, 0.29) is 17.9 Å². The van der Waals surface area contributed by atoms with Gasteiger partial charge in [0.25, 0.3) is 0 Å². The number of likely N-dealkylation sites (N-methyl/N-ethyl adjacent to an activating group) is 1. The lowest BCUT2D eigenvalue weighted by atomic mass is 10.0. The van der Waals surface area contributed by atoms with E-state index in [0.29, 0.717) is 5.92 Å². The molecular weight excluding hydrogens is 206 g/mol. The van der Waals surface area contributed by atoms with Gasteiger partial charge in [-0.1, -0.05) is 6.92 Å². The average Bonchev–Trinajstić information content (AvgIpc) is 2.62. The first kappa shape index (κ1) is 13.0. The van der Waals surface area contributed by atoms with Gasteiger partial charge < -0.3 is 15.5 Å². The predicted molar refractivity (Wildman–Crippen MR) is 61.9 cm³/mol.